The van der Waals surface area contributed by atoms with Gasteiger partial charge in [-0.15, -0.1) is 0 Å². The number of hydrogen-bond donors (Lipinski definition) is 0. The Morgan fingerprint density at radius 2 is 0.686 bits per heavy atom. The van der Waals surface area contributed by atoms with Crippen molar-refractivity contribution in [1.29, 1.82) is 0 Å². The lowest BCUT2D eigenvalue weighted by atomic mass is 10.1. The van der Waals surface area contributed by atoms with E-state index in [1.165, 1.54) is 16.2 Å². The van der Waals surface area contributed by atoms with Crippen molar-refractivity contribution in [2.24, 2.45) is 0 Å². The predicted octanol–water partition coefficient (Wildman–Crippen LogP) is 15.6. The van der Waals surface area contributed by atoms with Crippen molar-refractivity contribution in [3.8, 4) is 45.8 Å². The Hall–Kier alpha value is -9.59. The number of rotatable bonds is 6. The van der Waals surface area contributed by atoms with E-state index in [1.54, 1.807) is 0 Å². The highest BCUT2D eigenvalue weighted by Gasteiger charge is 2.28. The molecule has 0 aliphatic heterocycles. The minimum absolute atomic E-state index is 0.533. The highest BCUT2D eigenvalue weighted by atomic mass is 15.2. The molecule has 0 aliphatic rings. The molecule has 0 saturated carbocycles. The molecule has 70 heavy (non-hydrogen) atoms. The van der Waals surface area contributed by atoms with Crippen LogP contribution in [0.2, 0.25) is 0 Å². The molecule has 0 bridgehead atoms. The van der Waals surface area contributed by atoms with Gasteiger partial charge in [0.15, 0.2) is 11.6 Å². The highest BCUT2D eigenvalue weighted by Crippen LogP contribution is 2.46. The zero-order valence-corrected chi connectivity index (χ0v) is 37.6. The topological polar surface area (TPSA) is 58.4 Å². The molecule has 0 fully saturated rings. The van der Waals surface area contributed by atoms with Gasteiger partial charge in [0, 0.05) is 65.6 Å². The molecule has 7 heteroatoms. The standard InChI is InChI=1S/C63H39N7/c1-4-20-40(21-5-1)61-64-62(41-36-37-56-49(38-41)46-28-12-15-31-51(46)67(56)42-22-6-2-7-23-42)66-63(65-61)70-55-35-19-14-30-48(55)58-59-50(47-29-13-16-32-52(47)68(59)43-24-8-3-9-25-43)39-57(60(58)70)69-53-33-17-10-26-44(53)45-27-11-18-34-54(45)69/h1-39H. The summed E-state index contributed by atoms with van der Waals surface area (Å²) in [5.41, 5.74) is 13.8. The van der Waals surface area contributed by atoms with Gasteiger partial charge in [-0.05, 0) is 78.9 Å². The van der Waals surface area contributed by atoms with E-state index in [9.17, 15) is 0 Å². The minimum Gasteiger partial charge on any atom is -0.309 e. The zero-order valence-electron chi connectivity index (χ0n) is 37.6. The van der Waals surface area contributed by atoms with Crippen LogP contribution in [0.4, 0.5) is 0 Å². The highest BCUT2D eigenvalue weighted by molar-refractivity contribution is 6.28. The van der Waals surface area contributed by atoms with Crippen molar-refractivity contribution in [2.75, 3.05) is 0 Å². The Morgan fingerprint density at radius 1 is 0.257 bits per heavy atom. The van der Waals surface area contributed by atoms with Gasteiger partial charge in [-0.3, -0.25) is 4.57 Å². The Bertz CT molecular complexity index is 4520. The SMILES string of the molecule is c1ccc(-c2nc(-c3ccc4c(c3)c3ccccc3n4-c3ccccc3)nc(-n3c4ccccc4c4c3c(-n3c5ccccc5c5ccccc53)cc3c5ccccc5n(-c5ccccc5)c34)n2)cc1. The van der Waals surface area contributed by atoms with Gasteiger partial charge in [0.05, 0.1) is 49.8 Å². The van der Waals surface area contributed by atoms with Gasteiger partial charge in [-0.1, -0.05) is 158 Å². The first-order valence-corrected chi connectivity index (χ1v) is 23.7. The second-order valence-electron chi connectivity index (χ2n) is 18.0. The average molecular weight is 894 g/mol. The first kappa shape index (κ1) is 38.5. The Balaban J connectivity index is 1.10. The molecule has 0 N–H and O–H groups in total. The van der Waals surface area contributed by atoms with Gasteiger partial charge in [0.1, 0.15) is 0 Å². The summed E-state index contributed by atoms with van der Waals surface area (Å²) in [4.78, 5) is 16.4. The number of aromatic nitrogens is 7. The number of benzene rings is 10. The molecule has 0 radical (unpaired) electrons. The maximum atomic E-state index is 5.59. The summed E-state index contributed by atoms with van der Waals surface area (Å²) >= 11 is 0. The lowest BCUT2D eigenvalue weighted by Gasteiger charge is -2.16. The Labute approximate surface area is 401 Å². The lowest BCUT2D eigenvalue weighted by molar-refractivity contribution is 0.950. The van der Waals surface area contributed by atoms with Crippen LogP contribution in [0, 0.1) is 0 Å². The van der Waals surface area contributed by atoms with Crippen molar-refractivity contribution in [3.63, 3.8) is 0 Å². The van der Waals surface area contributed by atoms with Gasteiger partial charge >= 0.3 is 0 Å². The van der Waals surface area contributed by atoms with Crippen LogP contribution >= 0.6 is 0 Å². The van der Waals surface area contributed by atoms with Gasteiger partial charge in [-0.2, -0.15) is 9.97 Å². The van der Waals surface area contributed by atoms with E-state index in [2.05, 4.69) is 237 Å². The molecule has 0 saturated heterocycles. The molecule has 0 atom stereocenters. The number of hydrogen-bond acceptors (Lipinski definition) is 3. The number of para-hydroxylation sites is 7. The number of fused-ring (bicyclic) bond motifs is 13. The summed E-state index contributed by atoms with van der Waals surface area (Å²) in [6.45, 7) is 0. The number of nitrogens with zero attached hydrogens (tertiary/aromatic N) is 7. The molecule has 0 aliphatic carbocycles. The normalized spacial score (nSPS) is 12.0. The first-order valence-electron chi connectivity index (χ1n) is 23.7. The molecule has 5 heterocycles. The fourth-order valence-corrected chi connectivity index (χ4v) is 11.3. The van der Waals surface area contributed by atoms with Gasteiger partial charge in [0.25, 0.3) is 0 Å². The first-order chi connectivity index (χ1) is 34.8. The third kappa shape index (κ3) is 5.54. The molecule has 7 nitrogen and oxygen atoms in total. The molecular weight excluding hydrogens is 855 g/mol. The van der Waals surface area contributed by atoms with Gasteiger partial charge in [0.2, 0.25) is 5.95 Å². The van der Waals surface area contributed by atoms with Gasteiger partial charge < -0.3 is 13.7 Å². The van der Waals surface area contributed by atoms with E-state index in [0.717, 1.165) is 99.3 Å². The van der Waals surface area contributed by atoms with Crippen molar-refractivity contribution < 1.29 is 0 Å². The van der Waals surface area contributed by atoms with Crippen LogP contribution in [-0.2, 0) is 0 Å². The average Bonchev–Trinajstić information content (AvgIpc) is 4.17. The quantitative estimate of drug-likeness (QED) is 0.167. The molecule has 15 aromatic rings. The smallest absolute Gasteiger partial charge is 0.238 e. The minimum atomic E-state index is 0.533. The summed E-state index contributed by atoms with van der Waals surface area (Å²) in [6, 6.07) is 84.3. The molecule has 0 amide bonds. The molecule has 10 aromatic carbocycles. The monoisotopic (exact) mass is 893 g/mol. The van der Waals surface area contributed by atoms with Crippen LogP contribution in [0.25, 0.3) is 133 Å². The second-order valence-corrected chi connectivity index (χ2v) is 18.0. The van der Waals surface area contributed by atoms with Crippen LogP contribution in [0.5, 0.6) is 0 Å². The second kappa shape index (κ2) is 15.0. The molecule has 326 valence electrons. The Kier molecular flexibility index (Phi) is 8.23. The molecule has 0 spiro atoms. The summed E-state index contributed by atoms with van der Waals surface area (Å²) in [7, 11) is 0. The lowest BCUT2D eigenvalue weighted by Crippen LogP contribution is -2.08. The van der Waals surface area contributed by atoms with E-state index < -0.39 is 0 Å². The van der Waals surface area contributed by atoms with Crippen molar-refractivity contribution in [1.82, 2.24) is 33.2 Å². The molecular formula is C63H39N7. The third-order valence-electron chi connectivity index (χ3n) is 14.2. The zero-order chi connectivity index (χ0) is 45.9. The van der Waals surface area contributed by atoms with Crippen molar-refractivity contribution in [2.45, 2.75) is 0 Å². The van der Waals surface area contributed by atoms with E-state index >= 15 is 0 Å². The van der Waals surface area contributed by atoms with Crippen LogP contribution in [0.1, 0.15) is 0 Å². The van der Waals surface area contributed by atoms with Crippen molar-refractivity contribution >= 4 is 87.2 Å². The molecule has 0 unspecified atom stereocenters. The van der Waals surface area contributed by atoms with E-state index in [-0.39, 0.29) is 0 Å². The van der Waals surface area contributed by atoms with Crippen LogP contribution in [-0.4, -0.2) is 33.2 Å². The predicted molar refractivity (Wildman–Crippen MR) is 288 cm³/mol. The summed E-state index contributed by atoms with van der Waals surface area (Å²) in [6.07, 6.45) is 0. The fourth-order valence-electron chi connectivity index (χ4n) is 11.3. The largest absolute Gasteiger partial charge is 0.309 e. The van der Waals surface area contributed by atoms with E-state index in [1.807, 2.05) is 18.2 Å². The maximum Gasteiger partial charge on any atom is 0.238 e. The summed E-state index contributed by atoms with van der Waals surface area (Å²) in [5, 5.41) is 9.23. The van der Waals surface area contributed by atoms with E-state index in [4.69, 9.17) is 15.0 Å². The van der Waals surface area contributed by atoms with Crippen LogP contribution in [0.3, 0.4) is 0 Å². The van der Waals surface area contributed by atoms with Gasteiger partial charge in [-0.25, -0.2) is 4.98 Å². The van der Waals surface area contributed by atoms with Crippen LogP contribution < -0.4 is 0 Å². The summed E-state index contributed by atoms with van der Waals surface area (Å²) < 4.78 is 9.53. The third-order valence-corrected chi connectivity index (χ3v) is 14.2. The van der Waals surface area contributed by atoms with E-state index in [0.29, 0.717) is 17.6 Å². The maximum absolute atomic E-state index is 5.59. The van der Waals surface area contributed by atoms with Crippen molar-refractivity contribution in [3.05, 3.63) is 237 Å². The van der Waals surface area contributed by atoms with Crippen LogP contribution in [0.15, 0.2) is 237 Å². The Morgan fingerprint density at radius 3 is 1.29 bits per heavy atom. The summed E-state index contributed by atoms with van der Waals surface area (Å²) in [5.74, 6) is 1.72. The molecule has 5 aromatic heterocycles. The molecule has 15 rings (SSSR count). The fraction of sp³-hybridized carbons (Fsp3) is 0.